The van der Waals surface area contributed by atoms with Crippen LogP contribution in [-0.2, 0) is 14.3 Å². The van der Waals surface area contributed by atoms with E-state index in [4.69, 9.17) is 4.74 Å². The van der Waals surface area contributed by atoms with Crippen molar-refractivity contribution in [1.29, 1.82) is 0 Å². The molecule has 0 fully saturated rings. The number of hydrogen-bond donors (Lipinski definition) is 0. The van der Waals surface area contributed by atoms with Crippen molar-refractivity contribution in [3.8, 4) is 0 Å². The first-order valence-corrected chi connectivity index (χ1v) is 6.19. The highest BCUT2D eigenvalue weighted by Gasteiger charge is 2.40. The summed E-state index contributed by atoms with van der Waals surface area (Å²) in [7, 11) is 3.18. The Hall–Kier alpha value is -0.550. The molecule has 0 aliphatic carbocycles. The first-order chi connectivity index (χ1) is 7.38. The SMILES string of the molecule is CCCCN(C)C(C)(SC(C)=O)C(=O)OC. The Balaban J connectivity index is 4.76. The Morgan fingerprint density at radius 3 is 2.38 bits per heavy atom. The highest BCUT2D eigenvalue weighted by Crippen LogP contribution is 2.30. The molecule has 0 aromatic carbocycles. The fourth-order valence-corrected chi connectivity index (χ4v) is 2.33. The number of thioether (sulfide) groups is 1. The van der Waals surface area contributed by atoms with Gasteiger partial charge in [-0.1, -0.05) is 25.1 Å². The monoisotopic (exact) mass is 247 g/mol. The maximum absolute atomic E-state index is 11.7. The van der Waals surface area contributed by atoms with Crippen molar-refractivity contribution >= 4 is 22.8 Å². The molecule has 0 aliphatic heterocycles. The Labute approximate surface area is 102 Å². The van der Waals surface area contributed by atoms with Crippen molar-refractivity contribution in [3.05, 3.63) is 0 Å². The first-order valence-electron chi connectivity index (χ1n) is 5.37. The smallest absolute Gasteiger partial charge is 0.336 e. The molecule has 0 saturated heterocycles. The minimum atomic E-state index is -0.921. The summed E-state index contributed by atoms with van der Waals surface area (Å²) in [5, 5.41) is -0.0868. The number of nitrogens with zero attached hydrogens (tertiary/aromatic N) is 1. The molecule has 4 nitrogen and oxygen atoms in total. The van der Waals surface area contributed by atoms with Crippen molar-refractivity contribution in [2.75, 3.05) is 20.7 Å². The van der Waals surface area contributed by atoms with Gasteiger partial charge in [-0.25, -0.2) is 4.79 Å². The van der Waals surface area contributed by atoms with Crippen molar-refractivity contribution in [2.45, 2.75) is 38.5 Å². The Morgan fingerprint density at radius 1 is 1.44 bits per heavy atom. The molecule has 0 heterocycles. The Bertz CT molecular complexity index is 258. The summed E-state index contributed by atoms with van der Waals surface area (Å²) in [6, 6.07) is 0. The number of ether oxygens (including phenoxy) is 1. The van der Waals surface area contributed by atoms with Crippen LogP contribution in [0.5, 0.6) is 0 Å². The molecule has 5 heteroatoms. The highest BCUT2D eigenvalue weighted by molar-refractivity contribution is 8.15. The molecule has 0 radical (unpaired) electrons. The van der Waals surface area contributed by atoms with Crippen LogP contribution in [0, 0.1) is 0 Å². The van der Waals surface area contributed by atoms with E-state index in [9.17, 15) is 9.59 Å². The van der Waals surface area contributed by atoms with E-state index in [1.807, 2.05) is 11.9 Å². The second-order valence-electron chi connectivity index (χ2n) is 3.84. The summed E-state index contributed by atoms with van der Waals surface area (Å²) in [6.45, 7) is 6.03. The molecule has 0 aromatic heterocycles. The molecule has 0 aromatic rings. The fraction of sp³-hybridized carbons (Fsp3) is 0.818. The van der Waals surface area contributed by atoms with Crippen LogP contribution in [0.15, 0.2) is 0 Å². The van der Waals surface area contributed by atoms with Gasteiger partial charge in [0.05, 0.1) is 7.11 Å². The second-order valence-corrected chi connectivity index (χ2v) is 5.42. The predicted octanol–water partition coefficient (Wildman–Crippen LogP) is 1.89. The van der Waals surface area contributed by atoms with Crippen LogP contribution < -0.4 is 0 Å². The van der Waals surface area contributed by atoms with E-state index in [2.05, 4.69) is 6.92 Å². The van der Waals surface area contributed by atoms with E-state index in [1.54, 1.807) is 6.92 Å². The van der Waals surface area contributed by atoms with Crippen LogP contribution in [0.1, 0.15) is 33.6 Å². The van der Waals surface area contributed by atoms with E-state index in [0.29, 0.717) is 0 Å². The number of carbonyl (C=O) groups excluding carboxylic acids is 2. The number of esters is 1. The van der Waals surface area contributed by atoms with Crippen LogP contribution in [-0.4, -0.2) is 41.6 Å². The van der Waals surface area contributed by atoms with Crippen molar-refractivity contribution in [3.63, 3.8) is 0 Å². The summed E-state index contributed by atoms with van der Waals surface area (Å²) in [4.78, 5) is 23.9. The summed E-state index contributed by atoms with van der Waals surface area (Å²) in [5.41, 5.74) is 0. The van der Waals surface area contributed by atoms with Gasteiger partial charge in [0, 0.05) is 6.92 Å². The van der Waals surface area contributed by atoms with Crippen LogP contribution in [0.3, 0.4) is 0 Å². The maximum Gasteiger partial charge on any atom is 0.336 e. The maximum atomic E-state index is 11.7. The van der Waals surface area contributed by atoms with Gasteiger partial charge >= 0.3 is 5.97 Å². The Kier molecular flexibility index (Phi) is 6.67. The van der Waals surface area contributed by atoms with Gasteiger partial charge < -0.3 is 4.74 Å². The van der Waals surface area contributed by atoms with Gasteiger partial charge in [0.15, 0.2) is 9.99 Å². The zero-order chi connectivity index (χ0) is 12.8. The van der Waals surface area contributed by atoms with Gasteiger partial charge in [-0.15, -0.1) is 0 Å². The topological polar surface area (TPSA) is 46.6 Å². The minimum absolute atomic E-state index is 0.0868. The van der Waals surface area contributed by atoms with Crippen LogP contribution in [0.25, 0.3) is 0 Å². The highest BCUT2D eigenvalue weighted by atomic mass is 32.2. The lowest BCUT2D eigenvalue weighted by Crippen LogP contribution is -2.49. The van der Waals surface area contributed by atoms with Crippen LogP contribution in [0.2, 0.25) is 0 Å². The average Bonchev–Trinajstić information content (AvgIpc) is 2.23. The summed E-state index contributed by atoms with van der Waals surface area (Å²) in [6.07, 6.45) is 2.04. The van der Waals surface area contributed by atoms with E-state index in [1.165, 1.54) is 14.0 Å². The third-order valence-corrected chi connectivity index (χ3v) is 3.65. The average molecular weight is 247 g/mol. The van der Waals surface area contributed by atoms with Crippen molar-refractivity contribution in [1.82, 2.24) is 4.90 Å². The zero-order valence-corrected chi connectivity index (χ0v) is 11.5. The molecule has 1 atom stereocenters. The Morgan fingerprint density at radius 2 is 2.00 bits per heavy atom. The molecule has 1 unspecified atom stereocenters. The number of carbonyl (C=O) groups is 2. The lowest BCUT2D eigenvalue weighted by Gasteiger charge is -2.34. The normalized spacial score (nSPS) is 14.6. The molecule has 0 rings (SSSR count). The molecule has 0 aliphatic rings. The third-order valence-electron chi connectivity index (χ3n) is 2.48. The van der Waals surface area contributed by atoms with Gasteiger partial charge in [0.2, 0.25) is 0 Å². The molecule has 0 spiro atoms. The summed E-state index contributed by atoms with van der Waals surface area (Å²) < 4.78 is 4.76. The number of hydrogen-bond acceptors (Lipinski definition) is 5. The molecule has 0 amide bonds. The number of methoxy groups -OCH3 is 1. The largest absolute Gasteiger partial charge is 0.467 e. The lowest BCUT2D eigenvalue weighted by atomic mass is 10.2. The number of likely N-dealkylation sites (N-methyl/N-ethyl adjacent to an activating group) is 1. The van der Waals surface area contributed by atoms with E-state index < -0.39 is 4.87 Å². The molecule has 16 heavy (non-hydrogen) atoms. The fourth-order valence-electron chi connectivity index (χ4n) is 1.35. The molecular formula is C11H21NO3S. The molecule has 0 N–H and O–H groups in total. The van der Waals surface area contributed by atoms with Crippen LogP contribution in [0.4, 0.5) is 0 Å². The molecule has 94 valence electrons. The van der Waals surface area contributed by atoms with Gasteiger partial charge in [-0.3, -0.25) is 9.69 Å². The van der Waals surface area contributed by atoms with Gasteiger partial charge in [-0.2, -0.15) is 0 Å². The predicted molar refractivity (Wildman–Crippen MR) is 66.2 cm³/mol. The second kappa shape index (κ2) is 6.91. The first kappa shape index (κ1) is 15.4. The van der Waals surface area contributed by atoms with Crippen molar-refractivity contribution in [2.24, 2.45) is 0 Å². The minimum Gasteiger partial charge on any atom is -0.467 e. The quantitative estimate of drug-likeness (QED) is 0.530. The lowest BCUT2D eigenvalue weighted by molar-refractivity contribution is -0.148. The standard InChI is InChI=1S/C11H21NO3S/c1-6-7-8-12(4)11(3,10(14)15-5)16-9(2)13/h6-8H2,1-5H3. The van der Waals surface area contributed by atoms with Gasteiger partial charge in [0.1, 0.15) is 0 Å². The van der Waals surface area contributed by atoms with E-state index in [-0.39, 0.29) is 11.1 Å². The summed E-state index contributed by atoms with van der Waals surface area (Å²) >= 11 is 1.01. The number of unbranched alkanes of at least 4 members (excludes halogenated alkanes) is 1. The molecule has 0 saturated carbocycles. The molecule has 0 bridgehead atoms. The van der Waals surface area contributed by atoms with Crippen LogP contribution >= 0.6 is 11.8 Å². The van der Waals surface area contributed by atoms with E-state index >= 15 is 0 Å². The van der Waals surface area contributed by atoms with Gasteiger partial charge in [0.25, 0.3) is 0 Å². The molecular weight excluding hydrogens is 226 g/mol. The zero-order valence-electron chi connectivity index (χ0n) is 10.7. The summed E-state index contributed by atoms with van der Waals surface area (Å²) in [5.74, 6) is -0.383. The number of rotatable bonds is 6. The van der Waals surface area contributed by atoms with E-state index in [0.717, 1.165) is 31.1 Å². The van der Waals surface area contributed by atoms with Crippen molar-refractivity contribution < 1.29 is 14.3 Å². The third kappa shape index (κ3) is 4.14. The van der Waals surface area contributed by atoms with Gasteiger partial charge in [-0.05, 0) is 26.9 Å².